The molecule has 4 rings (SSSR count). The first-order chi connectivity index (χ1) is 18.9. The van der Waals surface area contributed by atoms with E-state index in [4.69, 9.17) is 9.47 Å². The molecule has 0 aromatic heterocycles. The van der Waals surface area contributed by atoms with Gasteiger partial charge in [0.25, 0.3) is 0 Å². The average Bonchev–Trinajstić information content (AvgIpc) is 3.13. The molecule has 3 aromatic carbocycles. The molecule has 1 aliphatic carbocycles. The van der Waals surface area contributed by atoms with Gasteiger partial charge in [0.2, 0.25) is 10.0 Å². The van der Waals surface area contributed by atoms with Gasteiger partial charge in [0.15, 0.2) is 6.61 Å². The maximum absolute atomic E-state index is 13.8. The number of ether oxygens (including phenoxy) is 2. The molecule has 1 unspecified atom stereocenters. The third-order valence-electron chi connectivity index (χ3n) is 7.31. The van der Waals surface area contributed by atoms with E-state index < -0.39 is 21.6 Å². The summed E-state index contributed by atoms with van der Waals surface area (Å²) in [6.07, 6.45) is 3.26. The SMILES string of the molecule is CC(C)c1cccc(-c2ccc(S(=O)(=O)N(C)C3CCCCc4c(OCC(=O)OC(C)(C)C)cccc43)cc2)c1. The van der Waals surface area contributed by atoms with Crippen LogP contribution in [0.1, 0.15) is 82.5 Å². The van der Waals surface area contributed by atoms with Crippen molar-refractivity contribution < 1.29 is 22.7 Å². The van der Waals surface area contributed by atoms with E-state index in [1.807, 2.05) is 63.2 Å². The molecular weight excluding hydrogens is 522 g/mol. The molecule has 1 aliphatic rings. The van der Waals surface area contributed by atoms with Crippen LogP contribution in [-0.2, 0) is 26.0 Å². The van der Waals surface area contributed by atoms with E-state index in [2.05, 4.69) is 26.0 Å². The van der Waals surface area contributed by atoms with Crippen LogP contribution in [0.4, 0.5) is 0 Å². The number of carbonyl (C=O) groups is 1. The Hall–Kier alpha value is -3.16. The fourth-order valence-corrected chi connectivity index (χ4v) is 6.57. The van der Waals surface area contributed by atoms with E-state index in [0.29, 0.717) is 18.1 Å². The lowest BCUT2D eigenvalue weighted by atomic mass is 9.97. The van der Waals surface area contributed by atoms with Gasteiger partial charge in [-0.3, -0.25) is 0 Å². The second-order valence-electron chi connectivity index (χ2n) is 11.8. The summed E-state index contributed by atoms with van der Waals surface area (Å²) < 4.78 is 40.4. The van der Waals surface area contributed by atoms with Crippen LogP contribution >= 0.6 is 0 Å². The molecule has 0 bridgehead atoms. The summed E-state index contributed by atoms with van der Waals surface area (Å²) in [4.78, 5) is 12.5. The Balaban J connectivity index is 1.57. The maximum Gasteiger partial charge on any atom is 0.344 e. The molecule has 3 aromatic rings. The van der Waals surface area contributed by atoms with Crippen molar-refractivity contribution in [3.05, 3.63) is 83.4 Å². The summed E-state index contributed by atoms with van der Waals surface area (Å²) in [5, 5.41) is 0. The lowest BCUT2D eigenvalue weighted by Crippen LogP contribution is -2.31. The van der Waals surface area contributed by atoms with Gasteiger partial charge in [-0.1, -0.05) is 68.8 Å². The van der Waals surface area contributed by atoms with Crippen molar-refractivity contribution >= 4 is 16.0 Å². The van der Waals surface area contributed by atoms with Gasteiger partial charge in [0.1, 0.15) is 11.4 Å². The van der Waals surface area contributed by atoms with E-state index in [1.54, 1.807) is 19.2 Å². The highest BCUT2D eigenvalue weighted by Gasteiger charge is 2.32. The first-order valence-corrected chi connectivity index (χ1v) is 15.5. The van der Waals surface area contributed by atoms with Crippen LogP contribution in [-0.4, -0.2) is 37.9 Å². The molecular formula is C33H41NO5S. The predicted octanol–water partition coefficient (Wildman–Crippen LogP) is 7.29. The predicted molar refractivity (Wildman–Crippen MR) is 159 cm³/mol. The Morgan fingerprint density at radius 2 is 1.68 bits per heavy atom. The van der Waals surface area contributed by atoms with Crippen LogP contribution in [0.25, 0.3) is 11.1 Å². The van der Waals surface area contributed by atoms with Crippen molar-refractivity contribution in [2.75, 3.05) is 13.7 Å². The molecule has 6 nitrogen and oxygen atoms in total. The molecule has 0 spiro atoms. The lowest BCUT2D eigenvalue weighted by molar-refractivity contribution is -0.157. The zero-order chi connectivity index (χ0) is 29.1. The van der Waals surface area contributed by atoms with Gasteiger partial charge in [-0.05, 0) is 92.0 Å². The van der Waals surface area contributed by atoms with Crippen molar-refractivity contribution in [1.82, 2.24) is 4.31 Å². The number of sulfonamides is 1. The molecule has 0 fully saturated rings. The van der Waals surface area contributed by atoms with Gasteiger partial charge in [-0.25, -0.2) is 13.2 Å². The van der Waals surface area contributed by atoms with Crippen molar-refractivity contribution in [1.29, 1.82) is 0 Å². The molecule has 1 atom stereocenters. The van der Waals surface area contributed by atoms with Crippen molar-refractivity contribution in [3.63, 3.8) is 0 Å². The molecule has 0 saturated heterocycles. The molecule has 0 saturated carbocycles. The van der Waals surface area contributed by atoms with E-state index in [9.17, 15) is 13.2 Å². The van der Waals surface area contributed by atoms with Gasteiger partial charge in [-0.2, -0.15) is 4.31 Å². The number of hydrogen-bond donors (Lipinski definition) is 0. The van der Waals surface area contributed by atoms with Crippen molar-refractivity contribution in [3.8, 4) is 16.9 Å². The Labute approximate surface area is 239 Å². The van der Waals surface area contributed by atoms with Gasteiger partial charge in [0.05, 0.1) is 10.9 Å². The van der Waals surface area contributed by atoms with E-state index in [-0.39, 0.29) is 17.5 Å². The van der Waals surface area contributed by atoms with E-state index in [0.717, 1.165) is 41.5 Å². The molecule has 0 radical (unpaired) electrons. The fourth-order valence-electron chi connectivity index (χ4n) is 5.21. The van der Waals surface area contributed by atoms with Gasteiger partial charge in [0, 0.05) is 7.05 Å². The minimum atomic E-state index is -3.76. The van der Waals surface area contributed by atoms with Gasteiger partial charge in [-0.15, -0.1) is 0 Å². The van der Waals surface area contributed by atoms with Crippen LogP contribution < -0.4 is 4.74 Å². The molecule has 0 amide bonds. The summed E-state index contributed by atoms with van der Waals surface area (Å²) in [5.41, 5.74) is 4.58. The molecule has 0 aliphatic heterocycles. The Morgan fingerprint density at radius 3 is 2.35 bits per heavy atom. The lowest BCUT2D eigenvalue weighted by Gasteiger charge is -2.29. The Bertz CT molecular complexity index is 1440. The number of nitrogens with zero attached hydrogens (tertiary/aromatic N) is 1. The zero-order valence-electron chi connectivity index (χ0n) is 24.4. The number of fused-ring (bicyclic) bond motifs is 1. The van der Waals surface area contributed by atoms with Gasteiger partial charge < -0.3 is 9.47 Å². The van der Waals surface area contributed by atoms with E-state index in [1.165, 1.54) is 9.87 Å². The monoisotopic (exact) mass is 563 g/mol. The third kappa shape index (κ3) is 6.94. The number of benzene rings is 3. The largest absolute Gasteiger partial charge is 0.482 e. The highest BCUT2D eigenvalue weighted by Crippen LogP contribution is 2.39. The highest BCUT2D eigenvalue weighted by molar-refractivity contribution is 7.89. The zero-order valence-corrected chi connectivity index (χ0v) is 25.3. The van der Waals surface area contributed by atoms with Crippen LogP contribution in [0.5, 0.6) is 5.75 Å². The molecule has 0 N–H and O–H groups in total. The minimum absolute atomic E-state index is 0.195. The Morgan fingerprint density at radius 1 is 0.975 bits per heavy atom. The summed E-state index contributed by atoms with van der Waals surface area (Å²) in [7, 11) is -2.10. The second-order valence-corrected chi connectivity index (χ2v) is 13.8. The normalized spacial score (nSPS) is 15.9. The quantitative estimate of drug-likeness (QED) is 0.213. The van der Waals surface area contributed by atoms with Crippen LogP contribution in [0, 0.1) is 0 Å². The van der Waals surface area contributed by atoms with E-state index >= 15 is 0 Å². The average molecular weight is 564 g/mol. The van der Waals surface area contributed by atoms with Crippen molar-refractivity contribution in [2.45, 2.75) is 82.8 Å². The summed E-state index contributed by atoms with van der Waals surface area (Å²) in [6.45, 7) is 9.58. The fraction of sp³-hybridized carbons (Fsp3) is 0.424. The van der Waals surface area contributed by atoms with Crippen LogP contribution in [0.2, 0.25) is 0 Å². The smallest absolute Gasteiger partial charge is 0.344 e. The number of carbonyl (C=O) groups excluding carboxylic acids is 1. The van der Waals surface area contributed by atoms with Crippen LogP contribution in [0.15, 0.2) is 71.6 Å². The number of rotatable bonds is 8. The molecule has 7 heteroatoms. The van der Waals surface area contributed by atoms with Crippen molar-refractivity contribution in [2.24, 2.45) is 0 Å². The van der Waals surface area contributed by atoms with Crippen LogP contribution in [0.3, 0.4) is 0 Å². The molecule has 0 heterocycles. The number of hydrogen-bond acceptors (Lipinski definition) is 5. The summed E-state index contributed by atoms with van der Waals surface area (Å²) in [6, 6.07) is 20.8. The summed E-state index contributed by atoms with van der Waals surface area (Å²) in [5.74, 6) is 0.585. The third-order valence-corrected chi connectivity index (χ3v) is 9.19. The summed E-state index contributed by atoms with van der Waals surface area (Å²) >= 11 is 0. The first kappa shape index (κ1) is 29.8. The second kappa shape index (κ2) is 12.1. The Kier molecular flexibility index (Phi) is 9.06. The molecule has 40 heavy (non-hydrogen) atoms. The maximum atomic E-state index is 13.8. The first-order valence-electron chi connectivity index (χ1n) is 14.0. The highest BCUT2D eigenvalue weighted by atomic mass is 32.2. The topological polar surface area (TPSA) is 72.9 Å². The standard InChI is InChI=1S/C33H41NO5S/c1-23(2)25-11-9-12-26(21-25)24-17-19-27(20-18-24)40(36,37)34(6)30-15-8-7-13-29-28(30)14-10-16-31(29)38-22-32(35)39-33(3,4)5/h9-12,14,16-21,23,30H,7-8,13,15,22H2,1-6H3. The number of esters is 1. The molecule has 214 valence electrons. The minimum Gasteiger partial charge on any atom is -0.482 e. The van der Waals surface area contributed by atoms with Gasteiger partial charge >= 0.3 is 5.97 Å².